The number of amides is 1. The second kappa shape index (κ2) is 3.44. The normalized spacial score (nSPS) is 24.1. The maximum Gasteiger partial charge on any atom is 0.243 e. The summed E-state index contributed by atoms with van der Waals surface area (Å²) >= 11 is 0. The number of aliphatic imine (C=N–C) groups is 1. The van der Waals surface area contributed by atoms with Gasteiger partial charge in [0.15, 0.2) is 0 Å². The van der Waals surface area contributed by atoms with Crippen LogP contribution < -0.4 is 5.73 Å². The van der Waals surface area contributed by atoms with Crippen LogP contribution in [-0.2, 0) is 4.79 Å². The molecular weight excluding hydrogens is 178 g/mol. The Morgan fingerprint density at radius 1 is 1.43 bits per heavy atom. The van der Waals surface area contributed by atoms with Gasteiger partial charge >= 0.3 is 0 Å². The van der Waals surface area contributed by atoms with E-state index in [0.717, 1.165) is 25.7 Å². The summed E-state index contributed by atoms with van der Waals surface area (Å²) in [5.74, 6) is -0.211. The van der Waals surface area contributed by atoms with E-state index >= 15 is 0 Å². The van der Waals surface area contributed by atoms with Gasteiger partial charge < -0.3 is 10.6 Å². The van der Waals surface area contributed by atoms with Crippen molar-refractivity contribution in [2.24, 2.45) is 10.7 Å². The second-order valence-corrected chi connectivity index (χ2v) is 3.89. The summed E-state index contributed by atoms with van der Waals surface area (Å²) in [6, 6.07) is 0. The molecule has 0 unspecified atom stereocenters. The van der Waals surface area contributed by atoms with E-state index < -0.39 is 5.54 Å². The molecular formula is C10H15N3O. The van der Waals surface area contributed by atoms with Crippen molar-refractivity contribution in [2.75, 3.05) is 6.67 Å². The number of hydrogen-bond donors (Lipinski definition) is 1. The van der Waals surface area contributed by atoms with Crippen molar-refractivity contribution in [3.8, 4) is 0 Å². The number of nitrogens with zero attached hydrogens (tertiary/aromatic N) is 2. The molecule has 0 atom stereocenters. The lowest BCUT2D eigenvalue weighted by atomic mass is 9.94. The Hall–Kier alpha value is -1.32. The summed E-state index contributed by atoms with van der Waals surface area (Å²) in [6.45, 7) is 0.555. The SMILES string of the molecule is NC(=O)C1(N2C=CC=NC2)CCCC1. The fraction of sp³-hybridized carbons (Fsp3) is 0.600. The summed E-state index contributed by atoms with van der Waals surface area (Å²) in [5, 5.41) is 0. The van der Waals surface area contributed by atoms with Crippen LogP contribution in [0.2, 0.25) is 0 Å². The van der Waals surface area contributed by atoms with Crippen LogP contribution in [0.25, 0.3) is 0 Å². The highest BCUT2D eigenvalue weighted by Gasteiger charge is 2.43. The van der Waals surface area contributed by atoms with Gasteiger partial charge in [-0.1, -0.05) is 12.8 Å². The number of carbonyl (C=O) groups is 1. The molecule has 14 heavy (non-hydrogen) atoms. The molecule has 1 amide bonds. The van der Waals surface area contributed by atoms with Gasteiger partial charge in [0.25, 0.3) is 0 Å². The van der Waals surface area contributed by atoms with Crippen molar-refractivity contribution in [1.82, 2.24) is 4.90 Å². The lowest BCUT2D eigenvalue weighted by molar-refractivity contribution is -0.128. The van der Waals surface area contributed by atoms with Crippen LogP contribution in [0, 0.1) is 0 Å². The largest absolute Gasteiger partial charge is 0.368 e. The van der Waals surface area contributed by atoms with Crippen LogP contribution in [0.15, 0.2) is 17.3 Å². The molecule has 1 aliphatic carbocycles. The van der Waals surface area contributed by atoms with Gasteiger partial charge in [0.05, 0.1) is 0 Å². The first-order chi connectivity index (χ1) is 6.76. The Morgan fingerprint density at radius 3 is 2.64 bits per heavy atom. The number of carbonyl (C=O) groups excluding carboxylic acids is 1. The highest BCUT2D eigenvalue weighted by molar-refractivity contribution is 5.85. The third-order valence-electron chi connectivity index (χ3n) is 3.13. The molecule has 0 bridgehead atoms. The van der Waals surface area contributed by atoms with Gasteiger partial charge in [-0.25, -0.2) is 0 Å². The van der Waals surface area contributed by atoms with Crippen molar-refractivity contribution in [1.29, 1.82) is 0 Å². The minimum Gasteiger partial charge on any atom is -0.368 e. The third kappa shape index (κ3) is 1.31. The number of allylic oxidation sites excluding steroid dienone is 1. The summed E-state index contributed by atoms with van der Waals surface area (Å²) in [5.41, 5.74) is 5.03. The third-order valence-corrected chi connectivity index (χ3v) is 3.13. The van der Waals surface area contributed by atoms with Crippen LogP contribution in [-0.4, -0.2) is 29.2 Å². The lowest BCUT2D eigenvalue weighted by Gasteiger charge is -2.37. The first-order valence-electron chi connectivity index (χ1n) is 4.99. The quantitative estimate of drug-likeness (QED) is 0.699. The maximum atomic E-state index is 11.5. The van der Waals surface area contributed by atoms with E-state index in [1.807, 2.05) is 17.2 Å². The van der Waals surface area contributed by atoms with E-state index in [-0.39, 0.29) is 5.91 Å². The molecule has 0 aromatic heterocycles. The molecule has 2 N–H and O–H groups in total. The average molecular weight is 193 g/mol. The van der Waals surface area contributed by atoms with E-state index in [1.165, 1.54) is 0 Å². The summed E-state index contributed by atoms with van der Waals surface area (Å²) in [7, 11) is 0. The highest BCUT2D eigenvalue weighted by Crippen LogP contribution is 2.35. The Bertz CT molecular complexity index is 290. The molecule has 0 aromatic carbocycles. The molecule has 4 nitrogen and oxygen atoms in total. The molecule has 4 heteroatoms. The second-order valence-electron chi connectivity index (χ2n) is 3.89. The number of hydrogen-bond acceptors (Lipinski definition) is 3. The van der Waals surface area contributed by atoms with E-state index in [1.54, 1.807) is 6.21 Å². The number of nitrogens with two attached hydrogens (primary N) is 1. The van der Waals surface area contributed by atoms with Crippen molar-refractivity contribution in [3.63, 3.8) is 0 Å². The summed E-state index contributed by atoms with van der Waals surface area (Å²) in [4.78, 5) is 17.6. The molecule has 1 fully saturated rings. The van der Waals surface area contributed by atoms with Gasteiger partial charge in [-0.15, -0.1) is 0 Å². The predicted molar refractivity (Wildman–Crippen MR) is 54.7 cm³/mol. The molecule has 0 radical (unpaired) electrons. The highest BCUT2D eigenvalue weighted by atomic mass is 16.1. The zero-order chi connectivity index (χ0) is 10.0. The predicted octanol–water partition coefficient (Wildman–Crippen LogP) is 0.642. The van der Waals surface area contributed by atoms with Gasteiger partial charge in [0, 0.05) is 12.4 Å². The number of primary amides is 1. The Kier molecular flexibility index (Phi) is 2.27. The standard InChI is InChI=1S/C10H15N3O/c11-9(14)10(4-1-2-5-10)13-7-3-6-12-8-13/h3,6-7H,1-2,4-5,8H2,(H2,11,14). The molecule has 1 aliphatic heterocycles. The van der Waals surface area contributed by atoms with Gasteiger partial charge in [-0.05, 0) is 18.9 Å². The van der Waals surface area contributed by atoms with Crippen LogP contribution in [0.1, 0.15) is 25.7 Å². The van der Waals surface area contributed by atoms with Gasteiger partial charge in [0.2, 0.25) is 5.91 Å². The fourth-order valence-corrected chi connectivity index (χ4v) is 2.30. The summed E-state index contributed by atoms with van der Waals surface area (Å²) in [6.07, 6.45) is 9.41. The zero-order valence-corrected chi connectivity index (χ0v) is 8.15. The molecule has 1 heterocycles. The molecule has 76 valence electrons. The van der Waals surface area contributed by atoms with E-state index in [2.05, 4.69) is 4.99 Å². The van der Waals surface area contributed by atoms with E-state index in [9.17, 15) is 4.79 Å². The van der Waals surface area contributed by atoms with Crippen molar-refractivity contribution < 1.29 is 4.79 Å². The molecule has 0 saturated heterocycles. The number of rotatable bonds is 2. The molecule has 0 spiro atoms. The smallest absolute Gasteiger partial charge is 0.243 e. The molecule has 2 aliphatic rings. The molecule has 0 aromatic rings. The van der Waals surface area contributed by atoms with Crippen LogP contribution in [0.4, 0.5) is 0 Å². The van der Waals surface area contributed by atoms with Gasteiger partial charge in [-0.2, -0.15) is 0 Å². The molecule has 1 saturated carbocycles. The Labute approximate surface area is 83.5 Å². The lowest BCUT2D eigenvalue weighted by Crippen LogP contribution is -2.54. The first-order valence-corrected chi connectivity index (χ1v) is 4.99. The summed E-state index contributed by atoms with van der Waals surface area (Å²) < 4.78 is 0. The van der Waals surface area contributed by atoms with E-state index in [0.29, 0.717) is 6.67 Å². The van der Waals surface area contributed by atoms with Crippen LogP contribution in [0.5, 0.6) is 0 Å². The van der Waals surface area contributed by atoms with Gasteiger partial charge in [-0.3, -0.25) is 9.79 Å². The van der Waals surface area contributed by atoms with Crippen molar-refractivity contribution >= 4 is 12.1 Å². The van der Waals surface area contributed by atoms with Crippen LogP contribution in [0.3, 0.4) is 0 Å². The monoisotopic (exact) mass is 193 g/mol. The van der Waals surface area contributed by atoms with Crippen molar-refractivity contribution in [2.45, 2.75) is 31.2 Å². The minimum atomic E-state index is -0.464. The Balaban J connectivity index is 2.22. The zero-order valence-electron chi connectivity index (χ0n) is 8.15. The molecule has 2 rings (SSSR count). The van der Waals surface area contributed by atoms with Crippen LogP contribution >= 0.6 is 0 Å². The van der Waals surface area contributed by atoms with Gasteiger partial charge in [0.1, 0.15) is 12.2 Å². The maximum absolute atomic E-state index is 11.5. The first kappa shape index (κ1) is 9.24. The Morgan fingerprint density at radius 2 is 2.14 bits per heavy atom. The van der Waals surface area contributed by atoms with E-state index in [4.69, 9.17) is 5.73 Å². The van der Waals surface area contributed by atoms with Crippen molar-refractivity contribution in [3.05, 3.63) is 12.3 Å². The average Bonchev–Trinajstić information content (AvgIpc) is 2.69. The topological polar surface area (TPSA) is 58.7 Å². The minimum absolute atomic E-state index is 0.211. The fourth-order valence-electron chi connectivity index (χ4n) is 2.30.